The molecule has 9 heteroatoms. The fraction of sp³-hybridized carbons (Fsp3) is 0.500. The third kappa shape index (κ3) is 5.85. The van der Waals surface area contributed by atoms with Crippen LogP contribution in [0.5, 0.6) is 0 Å². The zero-order chi connectivity index (χ0) is 23.0. The van der Waals surface area contributed by atoms with Gasteiger partial charge in [0.15, 0.2) is 0 Å². The third-order valence-corrected chi connectivity index (χ3v) is 5.89. The molecule has 0 aliphatic heterocycles. The largest absolute Gasteiger partial charge is 0.481 e. The first-order chi connectivity index (χ1) is 16.2. The summed E-state index contributed by atoms with van der Waals surface area (Å²) >= 11 is 0. The number of ether oxygens (including phenoxy) is 2. The van der Waals surface area contributed by atoms with Crippen LogP contribution in [0.2, 0.25) is 0 Å². The van der Waals surface area contributed by atoms with Gasteiger partial charge in [0.1, 0.15) is 0 Å². The highest BCUT2D eigenvalue weighted by atomic mass is 16.5. The first-order valence-electron chi connectivity index (χ1n) is 11.4. The van der Waals surface area contributed by atoms with E-state index in [0.717, 1.165) is 35.2 Å². The van der Waals surface area contributed by atoms with Gasteiger partial charge in [0, 0.05) is 25.7 Å². The van der Waals surface area contributed by atoms with E-state index < -0.39 is 5.97 Å². The Balaban J connectivity index is 1.48. The summed E-state index contributed by atoms with van der Waals surface area (Å²) in [4.78, 5) is 15.2. The normalized spacial score (nSPS) is 14.6. The lowest BCUT2D eigenvalue weighted by atomic mass is 9.95. The van der Waals surface area contributed by atoms with E-state index >= 15 is 0 Å². The number of hydrogen-bond acceptors (Lipinski definition) is 7. The van der Waals surface area contributed by atoms with E-state index in [1.165, 1.54) is 19.3 Å². The highest BCUT2D eigenvalue weighted by Crippen LogP contribution is 2.33. The minimum atomic E-state index is -0.813. The average molecular weight is 455 g/mol. The second-order valence-corrected chi connectivity index (χ2v) is 8.35. The van der Waals surface area contributed by atoms with Gasteiger partial charge in [-0.3, -0.25) is 9.48 Å². The van der Waals surface area contributed by atoms with Gasteiger partial charge in [-0.05, 0) is 30.9 Å². The van der Waals surface area contributed by atoms with Crippen LogP contribution in [0.3, 0.4) is 0 Å². The molecule has 0 unspecified atom stereocenters. The van der Waals surface area contributed by atoms with Crippen molar-refractivity contribution >= 4 is 5.97 Å². The maximum atomic E-state index is 10.6. The van der Waals surface area contributed by atoms with Crippen LogP contribution in [-0.2, 0) is 27.5 Å². The number of aliphatic carboxylic acids is 1. The van der Waals surface area contributed by atoms with Crippen molar-refractivity contribution in [3.63, 3.8) is 0 Å². The molecule has 3 aromatic rings. The molecule has 9 nitrogen and oxygen atoms in total. The minimum Gasteiger partial charge on any atom is -0.481 e. The fourth-order valence-electron chi connectivity index (χ4n) is 4.25. The molecule has 2 aromatic heterocycles. The zero-order valence-corrected chi connectivity index (χ0v) is 18.9. The zero-order valence-electron chi connectivity index (χ0n) is 18.9. The third-order valence-electron chi connectivity index (χ3n) is 5.89. The maximum Gasteiger partial charge on any atom is 0.303 e. The number of carboxylic acids is 1. The molecule has 1 aliphatic carbocycles. The standard InChI is InChI=1S/C24H30N4O5/c1-31-16-21-20(14-25-28(21)19-9-3-2-4-10-19)24-26-23(27-33-24)18-8-5-7-17(13-18)15-32-12-6-11-22(29)30/h5,7-8,13-14,19H,2-4,6,9-12,15-16H2,1H3,(H,29,30). The summed E-state index contributed by atoms with van der Waals surface area (Å²) in [6.07, 6.45) is 8.35. The second kappa shape index (κ2) is 11.2. The van der Waals surface area contributed by atoms with Gasteiger partial charge in [0.25, 0.3) is 5.89 Å². The predicted molar refractivity (Wildman–Crippen MR) is 120 cm³/mol. The van der Waals surface area contributed by atoms with Gasteiger partial charge < -0.3 is 19.1 Å². The lowest BCUT2D eigenvalue weighted by Gasteiger charge is -2.24. The van der Waals surface area contributed by atoms with Crippen molar-refractivity contribution in [2.75, 3.05) is 13.7 Å². The molecule has 1 fully saturated rings. The molecular weight excluding hydrogens is 424 g/mol. The van der Waals surface area contributed by atoms with Gasteiger partial charge in [-0.1, -0.05) is 42.6 Å². The molecule has 0 amide bonds. The van der Waals surface area contributed by atoms with Gasteiger partial charge >= 0.3 is 5.97 Å². The molecule has 1 N–H and O–H groups in total. The highest BCUT2D eigenvalue weighted by Gasteiger charge is 2.24. The molecule has 0 radical (unpaired) electrons. The van der Waals surface area contributed by atoms with Crippen molar-refractivity contribution in [1.29, 1.82) is 0 Å². The first-order valence-corrected chi connectivity index (χ1v) is 11.4. The Hall–Kier alpha value is -3.04. The van der Waals surface area contributed by atoms with E-state index in [0.29, 0.717) is 44.0 Å². The summed E-state index contributed by atoms with van der Waals surface area (Å²) in [7, 11) is 1.68. The van der Waals surface area contributed by atoms with E-state index in [1.54, 1.807) is 13.3 Å². The van der Waals surface area contributed by atoms with Crippen molar-refractivity contribution < 1.29 is 23.9 Å². The smallest absolute Gasteiger partial charge is 0.303 e. The number of rotatable bonds is 11. The van der Waals surface area contributed by atoms with Gasteiger partial charge in [0.2, 0.25) is 5.82 Å². The summed E-state index contributed by atoms with van der Waals surface area (Å²) in [5.74, 6) is 0.104. The van der Waals surface area contributed by atoms with Crippen LogP contribution in [0.4, 0.5) is 0 Å². The number of aromatic nitrogens is 4. The molecule has 33 heavy (non-hydrogen) atoms. The van der Waals surface area contributed by atoms with Crippen molar-refractivity contribution in [3.8, 4) is 22.8 Å². The Kier molecular flexibility index (Phi) is 7.85. The lowest BCUT2D eigenvalue weighted by molar-refractivity contribution is -0.137. The van der Waals surface area contributed by atoms with Crippen molar-refractivity contribution in [2.24, 2.45) is 0 Å². The quantitative estimate of drug-likeness (QED) is 0.417. The monoisotopic (exact) mass is 454 g/mol. The van der Waals surface area contributed by atoms with Crippen LogP contribution >= 0.6 is 0 Å². The molecular formula is C24H30N4O5. The molecule has 0 saturated heterocycles. The second-order valence-electron chi connectivity index (χ2n) is 8.35. The fourth-order valence-corrected chi connectivity index (χ4v) is 4.25. The Morgan fingerprint density at radius 1 is 1.24 bits per heavy atom. The van der Waals surface area contributed by atoms with E-state index in [-0.39, 0.29) is 6.42 Å². The number of nitrogens with zero attached hydrogens (tertiary/aromatic N) is 4. The van der Waals surface area contributed by atoms with E-state index in [1.807, 2.05) is 24.3 Å². The highest BCUT2D eigenvalue weighted by molar-refractivity contribution is 5.66. The maximum absolute atomic E-state index is 10.6. The molecule has 4 rings (SSSR count). The van der Waals surface area contributed by atoms with E-state index in [2.05, 4.69) is 19.9 Å². The summed E-state index contributed by atoms with van der Waals surface area (Å²) < 4.78 is 18.7. The summed E-state index contributed by atoms with van der Waals surface area (Å²) in [6.45, 7) is 1.22. The number of methoxy groups -OCH3 is 1. The van der Waals surface area contributed by atoms with Crippen LogP contribution in [0, 0.1) is 0 Å². The van der Waals surface area contributed by atoms with Crippen molar-refractivity contribution in [3.05, 3.63) is 41.7 Å². The molecule has 2 heterocycles. The first kappa shape index (κ1) is 23.1. The van der Waals surface area contributed by atoms with E-state index in [9.17, 15) is 4.79 Å². The van der Waals surface area contributed by atoms with Crippen molar-refractivity contribution in [1.82, 2.24) is 19.9 Å². The van der Waals surface area contributed by atoms with Gasteiger partial charge in [-0.15, -0.1) is 0 Å². The Morgan fingerprint density at radius 2 is 2.09 bits per heavy atom. The molecule has 0 atom stereocenters. The molecule has 0 spiro atoms. The Bertz CT molecular complexity index is 1050. The van der Waals surface area contributed by atoms with Gasteiger partial charge in [0.05, 0.1) is 36.7 Å². The van der Waals surface area contributed by atoms with Crippen LogP contribution in [0.15, 0.2) is 35.0 Å². The van der Waals surface area contributed by atoms with Gasteiger partial charge in [-0.25, -0.2) is 0 Å². The average Bonchev–Trinajstić information content (AvgIpc) is 3.47. The summed E-state index contributed by atoms with van der Waals surface area (Å²) in [5, 5.41) is 17.5. The SMILES string of the molecule is COCc1c(-c2nc(-c3cccc(COCCCC(=O)O)c3)no2)cnn1C1CCCCC1. The molecule has 0 bridgehead atoms. The number of carbonyl (C=O) groups is 1. The lowest BCUT2D eigenvalue weighted by Crippen LogP contribution is -2.17. The predicted octanol–water partition coefficient (Wildman–Crippen LogP) is 4.63. The topological polar surface area (TPSA) is 112 Å². The van der Waals surface area contributed by atoms with Crippen molar-refractivity contribution in [2.45, 2.75) is 64.2 Å². The summed E-state index contributed by atoms with van der Waals surface area (Å²) in [6, 6.07) is 8.12. The minimum absolute atomic E-state index is 0.105. The van der Waals surface area contributed by atoms with Crippen LogP contribution in [0.25, 0.3) is 22.8 Å². The van der Waals surface area contributed by atoms with Crippen LogP contribution in [0.1, 0.15) is 62.2 Å². The molecule has 1 aromatic carbocycles. The Labute approximate surface area is 192 Å². The Morgan fingerprint density at radius 3 is 2.88 bits per heavy atom. The number of benzene rings is 1. The molecule has 1 aliphatic rings. The van der Waals surface area contributed by atoms with Gasteiger partial charge in [-0.2, -0.15) is 10.1 Å². The number of hydrogen-bond donors (Lipinski definition) is 1. The summed E-state index contributed by atoms with van der Waals surface area (Å²) in [5.41, 5.74) is 3.55. The van der Waals surface area contributed by atoms with E-state index in [4.69, 9.17) is 19.1 Å². The van der Waals surface area contributed by atoms with Crippen LogP contribution in [-0.4, -0.2) is 44.7 Å². The number of carboxylic acid groups (broad SMARTS) is 1. The molecule has 1 saturated carbocycles. The molecule has 176 valence electrons. The van der Waals surface area contributed by atoms with Crippen LogP contribution < -0.4 is 0 Å².